The maximum Gasteiger partial charge on any atom is 0.325 e. The number of rotatable bonds is 10. The molecule has 2 rings (SSSR count). The second-order valence-electron chi connectivity index (χ2n) is 7.16. The number of β-amino-alcohol motifs (C(OH)–C–C–N with tert-alkyl or cyclic N) is 1. The van der Waals surface area contributed by atoms with Crippen LogP contribution in [0.5, 0.6) is 11.5 Å². The molecule has 1 saturated heterocycles. The lowest BCUT2D eigenvalue weighted by atomic mass is 9.95. The molecular formula is C21H30N2O5. The van der Waals surface area contributed by atoms with Crippen molar-refractivity contribution in [3.8, 4) is 11.5 Å². The van der Waals surface area contributed by atoms with Gasteiger partial charge in [-0.1, -0.05) is 38.0 Å². The number of benzene rings is 1. The van der Waals surface area contributed by atoms with Gasteiger partial charge in [0.2, 0.25) is 0 Å². The van der Waals surface area contributed by atoms with Crippen molar-refractivity contribution in [1.82, 2.24) is 10.2 Å². The van der Waals surface area contributed by atoms with Gasteiger partial charge >= 0.3 is 6.03 Å². The molecule has 0 aliphatic carbocycles. The fraction of sp³-hybridized carbons (Fsp3) is 0.524. The smallest absolute Gasteiger partial charge is 0.325 e. The molecule has 1 heterocycles. The second-order valence-corrected chi connectivity index (χ2v) is 7.16. The van der Waals surface area contributed by atoms with Gasteiger partial charge in [-0.15, -0.1) is 0 Å². The highest BCUT2D eigenvalue weighted by molar-refractivity contribution is 6.06. The molecule has 0 aromatic heterocycles. The summed E-state index contributed by atoms with van der Waals surface area (Å²) in [5.74, 6) is 0.725. The highest BCUT2D eigenvalue weighted by Crippen LogP contribution is 2.29. The Morgan fingerprint density at radius 1 is 1.32 bits per heavy atom. The number of unbranched alkanes of at least 4 members (excludes halogenated alkanes) is 1. The highest BCUT2D eigenvalue weighted by Gasteiger charge is 2.47. The van der Waals surface area contributed by atoms with E-state index < -0.39 is 17.7 Å². The van der Waals surface area contributed by atoms with E-state index in [1.165, 1.54) is 0 Å². The second kappa shape index (κ2) is 9.59. The Balaban J connectivity index is 1.96. The first kappa shape index (κ1) is 21.8. The zero-order valence-electron chi connectivity index (χ0n) is 17.0. The van der Waals surface area contributed by atoms with E-state index in [1.54, 1.807) is 20.1 Å². The fourth-order valence-corrected chi connectivity index (χ4v) is 3.16. The largest absolute Gasteiger partial charge is 0.493 e. The molecule has 7 nitrogen and oxygen atoms in total. The number of imide groups is 1. The van der Waals surface area contributed by atoms with Gasteiger partial charge in [0.1, 0.15) is 18.2 Å². The maximum absolute atomic E-state index is 12.6. The molecule has 0 bridgehead atoms. The van der Waals surface area contributed by atoms with Crippen LogP contribution >= 0.6 is 0 Å². The number of carbonyl (C=O) groups is 2. The van der Waals surface area contributed by atoms with Crippen LogP contribution in [0.25, 0.3) is 6.08 Å². The monoisotopic (exact) mass is 390 g/mol. The summed E-state index contributed by atoms with van der Waals surface area (Å²) in [6.07, 6.45) is 5.20. The molecule has 0 radical (unpaired) electrons. The molecule has 1 fully saturated rings. The summed E-state index contributed by atoms with van der Waals surface area (Å²) >= 11 is 0. The highest BCUT2D eigenvalue weighted by atomic mass is 16.5. The van der Waals surface area contributed by atoms with Crippen molar-refractivity contribution in [3.63, 3.8) is 0 Å². The van der Waals surface area contributed by atoms with Crippen molar-refractivity contribution in [2.24, 2.45) is 0 Å². The number of carbonyl (C=O) groups excluding carboxylic acids is 2. The van der Waals surface area contributed by atoms with Gasteiger partial charge in [-0.3, -0.25) is 9.69 Å². The number of aliphatic hydroxyl groups excluding tert-OH is 1. The molecule has 2 atom stereocenters. The van der Waals surface area contributed by atoms with Crippen LogP contribution in [0.2, 0.25) is 0 Å². The Kier molecular flexibility index (Phi) is 7.45. The number of methoxy groups -OCH3 is 1. The number of aliphatic hydroxyl groups is 1. The average Bonchev–Trinajstić information content (AvgIpc) is 2.88. The van der Waals surface area contributed by atoms with Crippen LogP contribution in [-0.4, -0.2) is 53.8 Å². The molecule has 154 valence electrons. The maximum atomic E-state index is 12.6. The molecule has 3 amide bonds. The van der Waals surface area contributed by atoms with Gasteiger partial charge in [-0.25, -0.2) is 4.79 Å². The van der Waals surface area contributed by atoms with Gasteiger partial charge in [0.05, 0.1) is 13.7 Å². The summed E-state index contributed by atoms with van der Waals surface area (Å²) in [5.41, 5.74) is 0.0671. The third kappa shape index (κ3) is 5.04. The molecule has 7 heteroatoms. The lowest BCUT2D eigenvalue weighted by molar-refractivity contribution is -0.132. The summed E-state index contributed by atoms with van der Waals surface area (Å²) in [6.45, 7) is 5.50. The summed E-state index contributed by atoms with van der Waals surface area (Å²) in [6, 6.07) is 4.99. The zero-order valence-corrected chi connectivity index (χ0v) is 17.0. The summed E-state index contributed by atoms with van der Waals surface area (Å²) in [7, 11) is 1.54. The fourth-order valence-electron chi connectivity index (χ4n) is 3.16. The summed E-state index contributed by atoms with van der Waals surface area (Å²) in [4.78, 5) is 25.9. The number of allylic oxidation sites excluding steroid dienone is 1. The molecule has 0 spiro atoms. The quantitative estimate of drug-likeness (QED) is 0.600. The Morgan fingerprint density at radius 2 is 2.07 bits per heavy atom. The first-order valence-electron chi connectivity index (χ1n) is 9.60. The number of nitrogens with one attached hydrogen (secondary N) is 1. The predicted octanol–water partition coefficient (Wildman–Crippen LogP) is 2.97. The lowest BCUT2D eigenvalue weighted by Gasteiger charge is -2.22. The topological polar surface area (TPSA) is 88.1 Å². The van der Waals surface area contributed by atoms with Crippen molar-refractivity contribution in [3.05, 3.63) is 29.8 Å². The van der Waals surface area contributed by atoms with Gasteiger partial charge in [0, 0.05) is 0 Å². The minimum atomic E-state index is -1.01. The number of hydrogen-bond acceptors (Lipinski definition) is 5. The Morgan fingerprint density at radius 3 is 2.71 bits per heavy atom. The van der Waals surface area contributed by atoms with E-state index in [0.29, 0.717) is 17.9 Å². The van der Waals surface area contributed by atoms with Crippen LogP contribution in [0.15, 0.2) is 24.3 Å². The number of amides is 3. The number of urea groups is 1. The van der Waals surface area contributed by atoms with E-state index in [2.05, 4.69) is 5.32 Å². The molecule has 1 aliphatic heterocycles. The molecule has 2 unspecified atom stereocenters. The average molecular weight is 390 g/mol. The third-order valence-corrected chi connectivity index (χ3v) is 4.75. The third-order valence-electron chi connectivity index (χ3n) is 4.75. The van der Waals surface area contributed by atoms with Crippen LogP contribution in [-0.2, 0) is 4.79 Å². The van der Waals surface area contributed by atoms with Crippen molar-refractivity contribution in [2.45, 2.75) is 51.7 Å². The minimum absolute atomic E-state index is 0.0674. The van der Waals surface area contributed by atoms with Crippen LogP contribution in [0.1, 0.15) is 45.6 Å². The first-order valence-corrected chi connectivity index (χ1v) is 9.60. The summed E-state index contributed by atoms with van der Waals surface area (Å²) < 4.78 is 11.0. The minimum Gasteiger partial charge on any atom is -0.493 e. The van der Waals surface area contributed by atoms with E-state index in [0.717, 1.165) is 23.3 Å². The van der Waals surface area contributed by atoms with Crippen molar-refractivity contribution < 1.29 is 24.2 Å². The SMILES string of the molecule is CC=Cc1ccc(OCC(O)CN2C(=O)NC(C)(CCCC)C2=O)c(OC)c1. The van der Waals surface area contributed by atoms with Gasteiger partial charge in [-0.05, 0) is 38.0 Å². The standard InChI is InChI=1S/C21H30N2O5/c1-5-7-11-21(3)19(25)23(20(26)22-21)13-16(24)14-28-17-10-9-15(8-6-2)12-18(17)27-4/h6,8-10,12,16,24H,5,7,11,13-14H2,1-4H3,(H,22,26). The molecule has 28 heavy (non-hydrogen) atoms. The van der Waals surface area contributed by atoms with Gasteiger partial charge in [0.25, 0.3) is 5.91 Å². The molecule has 0 saturated carbocycles. The predicted molar refractivity (Wildman–Crippen MR) is 107 cm³/mol. The van der Waals surface area contributed by atoms with E-state index in [1.807, 2.05) is 38.1 Å². The van der Waals surface area contributed by atoms with E-state index in [9.17, 15) is 14.7 Å². The van der Waals surface area contributed by atoms with Crippen molar-refractivity contribution >= 4 is 18.0 Å². The van der Waals surface area contributed by atoms with E-state index >= 15 is 0 Å². The van der Waals surface area contributed by atoms with Crippen LogP contribution < -0.4 is 14.8 Å². The molecule has 1 aromatic carbocycles. The normalized spacial score (nSPS) is 20.5. The molecule has 1 aromatic rings. The number of nitrogens with zero attached hydrogens (tertiary/aromatic N) is 1. The van der Waals surface area contributed by atoms with Crippen molar-refractivity contribution in [2.75, 3.05) is 20.3 Å². The van der Waals surface area contributed by atoms with Gasteiger partial charge < -0.3 is 19.9 Å². The van der Waals surface area contributed by atoms with Crippen LogP contribution in [0.3, 0.4) is 0 Å². The first-order chi connectivity index (χ1) is 13.3. The summed E-state index contributed by atoms with van der Waals surface area (Å²) in [5, 5.41) is 13.0. The van der Waals surface area contributed by atoms with E-state index in [-0.39, 0.29) is 19.1 Å². The Labute approximate surface area is 166 Å². The zero-order chi connectivity index (χ0) is 20.7. The Hall–Kier alpha value is -2.54. The molecule has 2 N–H and O–H groups in total. The van der Waals surface area contributed by atoms with Crippen LogP contribution in [0.4, 0.5) is 4.79 Å². The van der Waals surface area contributed by atoms with Crippen molar-refractivity contribution in [1.29, 1.82) is 0 Å². The van der Waals surface area contributed by atoms with E-state index in [4.69, 9.17) is 9.47 Å². The Bertz CT molecular complexity index is 734. The van der Waals surface area contributed by atoms with Gasteiger partial charge in [-0.2, -0.15) is 0 Å². The van der Waals surface area contributed by atoms with Crippen LogP contribution in [0, 0.1) is 0 Å². The number of hydrogen-bond donors (Lipinski definition) is 2. The molecule has 1 aliphatic rings. The van der Waals surface area contributed by atoms with Gasteiger partial charge in [0.15, 0.2) is 11.5 Å². The lowest BCUT2D eigenvalue weighted by Crippen LogP contribution is -2.44. The number of ether oxygens (including phenoxy) is 2. The molecular weight excluding hydrogens is 360 g/mol.